The highest BCUT2D eigenvalue weighted by molar-refractivity contribution is 6.07. The van der Waals surface area contributed by atoms with Gasteiger partial charge in [0, 0.05) is 6.54 Å². The van der Waals surface area contributed by atoms with Crippen molar-refractivity contribution >= 4 is 17.7 Å². The number of amides is 3. The van der Waals surface area contributed by atoms with Gasteiger partial charge in [-0.2, -0.15) is 0 Å². The summed E-state index contributed by atoms with van der Waals surface area (Å²) in [6, 6.07) is 5.57. The molecular formula is C20H24N2O5. The Morgan fingerprint density at radius 3 is 2.30 bits per heavy atom. The summed E-state index contributed by atoms with van der Waals surface area (Å²) < 4.78 is 10.5. The SMILES string of the molecule is COc1ccc(CCNC(=O)CN2C(=O)[C@@H]3CC=CC[C@H]3C2=O)cc1OC. The molecule has 3 amide bonds. The van der Waals surface area contributed by atoms with E-state index in [9.17, 15) is 14.4 Å². The molecule has 27 heavy (non-hydrogen) atoms. The van der Waals surface area contributed by atoms with Crippen molar-refractivity contribution in [3.63, 3.8) is 0 Å². The van der Waals surface area contributed by atoms with Gasteiger partial charge in [-0.05, 0) is 37.0 Å². The lowest BCUT2D eigenvalue weighted by Crippen LogP contribution is -2.41. The van der Waals surface area contributed by atoms with Crippen LogP contribution in [0.5, 0.6) is 11.5 Å². The number of imide groups is 1. The van der Waals surface area contributed by atoms with Gasteiger partial charge in [-0.25, -0.2) is 0 Å². The maximum Gasteiger partial charge on any atom is 0.240 e. The van der Waals surface area contributed by atoms with E-state index >= 15 is 0 Å². The van der Waals surface area contributed by atoms with Gasteiger partial charge >= 0.3 is 0 Å². The Morgan fingerprint density at radius 2 is 1.70 bits per heavy atom. The van der Waals surface area contributed by atoms with Crippen molar-refractivity contribution in [1.82, 2.24) is 10.2 Å². The van der Waals surface area contributed by atoms with Gasteiger partial charge < -0.3 is 14.8 Å². The number of rotatable bonds is 7. The fourth-order valence-corrected chi connectivity index (χ4v) is 3.61. The highest BCUT2D eigenvalue weighted by atomic mass is 16.5. The molecule has 1 aliphatic carbocycles. The van der Waals surface area contributed by atoms with Crippen molar-refractivity contribution in [3.8, 4) is 11.5 Å². The third-order valence-corrected chi connectivity index (χ3v) is 5.08. The van der Waals surface area contributed by atoms with Crippen molar-refractivity contribution in [2.24, 2.45) is 11.8 Å². The second-order valence-electron chi connectivity index (χ2n) is 6.71. The van der Waals surface area contributed by atoms with Crippen LogP contribution in [0.15, 0.2) is 30.4 Å². The van der Waals surface area contributed by atoms with E-state index in [0.717, 1.165) is 10.5 Å². The summed E-state index contributed by atoms with van der Waals surface area (Å²) in [5.74, 6) is -0.125. The molecule has 1 heterocycles. The molecule has 7 nitrogen and oxygen atoms in total. The molecule has 0 aromatic heterocycles. The molecule has 144 valence electrons. The molecule has 0 unspecified atom stereocenters. The van der Waals surface area contributed by atoms with Crippen molar-refractivity contribution in [3.05, 3.63) is 35.9 Å². The third kappa shape index (κ3) is 3.97. The normalized spacial score (nSPS) is 21.2. The predicted octanol–water partition coefficient (Wildman–Crippen LogP) is 1.31. The fraction of sp³-hybridized carbons (Fsp3) is 0.450. The van der Waals surface area contributed by atoms with Crippen LogP contribution >= 0.6 is 0 Å². The summed E-state index contributed by atoms with van der Waals surface area (Å²) in [6.45, 7) is 0.190. The predicted molar refractivity (Wildman–Crippen MR) is 98.3 cm³/mol. The molecule has 1 saturated heterocycles. The second kappa shape index (κ2) is 8.24. The number of nitrogens with zero attached hydrogens (tertiary/aromatic N) is 1. The van der Waals surface area contributed by atoms with E-state index in [-0.39, 0.29) is 36.1 Å². The largest absolute Gasteiger partial charge is 0.493 e. The monoisotopic (exact) mass is 372 g/mol. The van der Waals surface area contributed by atoms with Crippen molar-refractivity contribution in [2.75, 3.05) is 27.3 Å². The lowest BCUT2D eigenvalue weighted by molar-refractivity contribution is -0.143. The molecule has 0 saturated carbocycles. The highest BCUT2D eigenvalue weighted by Crippen LogP contribution is 2.34. The van der Waals surface area contributed by atoms with E-state index in [0.29, 0.717) is 37.3 Å². The summed E-state index contributed by atoms with van der Waals surface area (Å²) in [5.41, 5.74) is 0.985. The summed E-state index contributed by atoms with van der Waals surface area (Å²) >= 11 is 0. The number of carbonyl (C=O) groups is 3. The zero-order valence-electron chi connectivity index (χ0n) is 15.6. The first-order chi connectivity index (χ1) is 13.0. The first-order valence-electron chi connectivity index (χ1n) is 9.03. The van der Waals surface area contributed by atoms with Crippen molar-refractivity contribution in [2.45, 2.75) is 19.3 Å². The minimum absolute atomic E-state index is 0.212. The molecule has 1 aromatic rings. The fourth-order valence-electron chi connectivity index (χ4n) is 3.61. The van der Waals surface area contributed by atoms with Crippen LogP contribution in [0.3, 0.4) is 0 Å². The Balaban J connectivity index is 1.50. The topological polar surface area (TPSA) is 84.9 Å². The summed E-state index contributed by atoms with van der Waals surface area (Å²) in [6.07, 6.45) is 5.61. The van der Waals surface area contributed by atoms with Crippen LogP contribution in [0.2, 0.25) is 0 Å². The van der Waals surface area contributed by atoms with Crippen molar-refractivity contribution in [1.29, 1.82) is 0 Å². The molecule has 0 bridgehead atoms. The van der Waals surface area contributed by atoms with Gasteiger partial charge in [0.15, 0.2) is 11.5 Å². The first-order valence-corrected chi connectivity index (χ1v) is 9.03. The lowest BCUT2D eigenvalue weighted by Gasteiger charge is -2.14. The molecular weight excluding hydrogens is 348 g/mol. The van der Waals surface area contributed by atoms with Gasteiger partial charge in [0.05, 0.1) is 26.1 Å². The van der Waals surface area contributed by atoms with Gasteiger partial charge in [0.1, 0.15) is 6.54 Å². The molecule has 1 fully saturated rings. The Labute approximate surface area is 158 Å². The Hall–Kier alpha value is -2.83. The maximum absolute atomic E-state index is 12.4. The van der Waals surface area contributed by atoms with E-state index in [1.54, 1.807) is 14.2 Å². The molecule has 2 aliphatic rings. The number of nitrogens with one attached hydrogen (secondary N) is 1. The van der Waals surface area contributed by atoms with Crippen LogP contribution in [-0.2, 0) is 20.8 Å². The lowest BCUT2D eigenvalue weighted by atomic mass is 9.85. The zero-order valence-corrected chi connectivity index (χ0v) is 15.6. The summed E-state index contributed by atoms with van der Waals surface area (Å²) in [5, 5.41) is 2.77. The highest BCUT2D eigenvalue weighted by Gasteiger charge is 2.47. The van der Waals surface area contributed by atoms with E-state index in [4.69, 9.17) is 9.47 Å². The van der Waals surface area contributed by atoms with E-state index in [1.165, 1.54) is 0 Å². The minimum atomic E-state index is -0.330. The average molecular weight is 372 g/mol. The van der Waals surface area contributed by atoms with Gasteiger partial charge in [-0.3, -0.25) is 19.3 Å². The Bertz CT molecular complexity index is 748. The number of methoxy groups -OCH3 is 2. The van der Waals surface area contributed by atoms with Crippen LogP contribution < -0.4 is 14.8 Å². The van der Waals surface area contributed by atoms with Crippen LogP contribution in [0.4, 0.5) is 0 Å². The van der Waals surface area contributed by atoms with Crippen molar-refractivity contribution < 1.29 is 23.9 Å². The Kier molecular flexibility index (Phi) is 5.78. The number of likely N-dealkylation sites (tertiary alicyclic amines) is 1. The van der Waals surface area contributed by atoms with E-state index in [1.807, 2.05) is 30.4 Å². The second-order valence-corrected chi connectivity index (χ2v) is 6.71. The molecule has 0 spiro atoms. The van der Waals surface area contributed by atoms with E-state index < -0.39 is 0 Å². The molecule has 1 aromatic carbocycles. The summed E-state index contributed by atoms with van der Waals surface area (Å²) in [4.78, 5) is 38.1. The quantitative estimate of drug-likeness (QED) is 0.576. The number of ether oxygens (including phenoxy) is 2. The van der Waals surface area contributed by atoms with Gasteiger partial charge in [0.2, 0.25) is 17.7 Å². The molecule has 1 aliphatic heterocycles. The van der Waals surface area contributed by atoms with Gasteiger partial charge in [0.25, 0.3) is 0 Å². The number of carbonyl (C=O) groups excluding carboxylic acids is 3. The molecule has 1 N–H and O–H groups in total. The molecule has 2 atom stereocenters. The first kappa shape index (κ1) is 18.9. The van der Waals surface area contributed by atoms with Crippen LogP contribution in [0.25, 0.3) is 0 Å². The van der Waals surface area contributed by atoms with E-state index in [2.05, 4.69) is 5.32 Å². The number of hydrogen-bond donors (Lipinski definition) is 1. The standard InChI is InChI=1S/C20H24N2O5/c1-26-16-8-7-13(11-17(16)27-2)9-10-21-18(23)12-22-19(24)14-5-3-4-6-15(14)20(22)25/h3-4,7-8,11,14-15H,5-6,9-10,12H2,1-2H3,(H,21,23)/t14-,15-/m1/s1. The number of fused-ring (bicyclic) bond motifs is 1. The van der Waals surface area contributed by atoms with Crippen LogP contribution in [0, 0.1) is 11.8 Å². The molecule has 7 heteroatoms. The number of allylic oxidation sites excluding steroid dienone is 2. The molecule has 3 rings (SSSR count). The van der Waals surface area contributed by atoms with Crippen LogP contribution in [0.1, 0.15) is 18.4 Å². The van der Waals surface area contributed by atoms with Gasteiger partial charge in [-0.1, -0.05) is 18.2 Å². The average Bonchev–Trinajstić information content (AvgIpc) is 2.93. The number of benzene rings is 1. The minimum Gasteiger partial charge on any atom is -0.493 e. The number of hydrogen-bond acceptors (Lipinski definition) is 5. The Morgan fingerprint density at radius 1 is 1.07 bits per heavy atom. The molecule has 0 radical (unpaired) electrons. The third-order valence-electron chi connectivity index (χ3n) is 5.08. The van der Waals surface area contributed by atoms with Gasteiger partial charge in [-0.15, -0.1) is 0 Å². The van der Waals surface area contributed by atoms with Crippen LogP contribution in [-0.4, -0.2) is 49.9 Å². The summed E-state index contributed by atoms with van der Waals surface area (Å²) in [7, 11) is 3.14. The zero-order chi connectivity index (χ0) is 19.4. The smallest absolute Gasteiger partial charge is 0.240 e. The maximum atomic E-state index is 12.4.